The van der Waals surface area contributed by atoms with E-state index in [1.54, 1.807) is 12.3 Å². The molecule has 1 saturated heterocycles. The molecule has 2 N–H and O–H groups in total. The third-order valence-corrected chi connectivity index (χ3v) is 5.67. The summed E-state index contributed by atoms with van der Waals surface area (Å²) in [6.45, 7) is 5.12. The lowest BCUT2D eigenvalue weighted by atomic mass is 10.0. The van der Waals surface area contributed by atoms with Gasteiger partial charge in [0.1, 0.15) is 0 Å². The van der Waals surface area contributed by atoms with E-state index >= 15 is 0 Å². The van der Waals surface area contributed by atoms with Crippen LogP contribution in [0.25, 0.3) is 22.0 Å². The van der Waals surface area contributed by atoms with Crippen LogP contribution in [0.5, 0.6) is 0 Å². The van der Waals surface area contributed by atoms with Gasteiger partial charge in [-0.15, -0.1) is 0 Å². The SMILES string of the molecule is Cc1cc(NC(=O)c2n[nH]c3ccc(-c4cncc(CN5CCCC5)c4)cc23)ccn1. The fourth-order valence-corrected chi connectivity index (χ4v) is 4.11. The van der Waals surface area contributed by atoms with Crippen molar-refractivity contribution in [3.63, 3.8) is 0 Å². The zero-order valence-corrected chi connectivity index (χ0v) is 17.4. The summed E-state index contributed by atoms with van der Waals surface area (Å²) in [7, 11) is 0. The van der Waals surface area contributed by atoms with E-state index in [0.29, 0.717) is 11.4 Å². The minimum atomic E-state index is -0.255. The third kappa shape index (κ3) is 4.18. The van der Waals surface area contributed by atoms with E-state index in [9.17, 15) is 4.79 Å². The van der Waals surface area contributed by atoms with Crippen LogP contribution in [0.4, 0.5) is 5.69 Å². The van der Waals surface area contributed by atoms with Crippen LogP contribution in [0.15, 0.2) is 55.0 Å². The smallest absolute Gasteiger partial charge is 0.276 e. The average Bonchev–Trinajstić information content (AvgIpc) is 3.43. The second-order valence-corrected chi connectivity index (χ2v) is 8.04. The second kappa shape index (κ2) is 8.28. The molecular formula is C24H24N6O. The van der Waals surface area contributed by atoms with Gasteiger partial charge in [0.15, 0.2) is 5.69 Å². The average molecular weight is 412 g/mol. The molecule has 31 heavy (non-hydrogen) atoms. The topological polar surface area (TPSA) is 86.8 Å². The number of nitrogens with zero attached hydrogens (tertiary/aromatic N) is 4. The molecule has 1 aliphatic rings. The van der Waals surface area contributed by atoms with Crippen molar-refractivity contribution in [1.29, 1.82) is 0 Å². The van der Waals surface area contributed by atoms with Crippen molar-refractivity contribution in [3.8, 4) is 11.1 Å². The summed E-state index contributed by atoms with van der Waals surface area (Å²) in [5, 5.41) is 10.9. The van der Waals surface area contributed by atoms with Gasteiger partial charge in [-0.05, 0) is 74.3 Å². The number of pyridine rings is 2. The molecular weight excluding hydrogens is 388 g/mol. The Kier molecular flexibility index (Phi) is 5.18. The molecule has 7 nitrogen and oxygen atoms in total. The predicted octanol–water partition coefficient (Wildman–Crippen LogP) is 4.18. The first-order chi connectivity index (χ1) is 15.2. The van der Waals surface area contributed by atoms with E-state index < -0.39 is 0 Å². The van der Waals surface area contributed by atoms with Crippen molar-refractivity contribution in [2.75, 3.05) is 18.4 Å². The second-order valence-electron chi connectivity index (χ2n) is 8.04. The highest BCUT2D eigenvalue weighted by Gasteiger charge is 2.16. The maximum atomic E-state index is 12.9. The van der Waals surface area contributed by atoms with Crippen molar-refractivity contribution < 1.29 is 4.79 Å². The summed E-state index contributed by atoms with van der Waals surface area (Å²) >= 11 is 0. The van der Waals surface area contributed by atoms with Crippen LogP contribution in [0.3, 0.4) is 0 Å². The number of hydrogen-bond donors (Lipinski definition) is 2. The third-order valence-electron chi connectivity index (χ3n) is 5.67. The van der Waals surface area contributed by atoms with E-state index in [2.05, 4.69) is 36.4 Å². The number of aromatic amines is 1. The standard InChI is InChI=1S/C24H24N6O/c1-16-10-20(6-7-26-16)27-24(31)23-21-12-18(4-5-22(21)28-29-23)19-11-17(13-25-14-19)15-30-8-2-3-9-30/h4-7,10-14H,2-3,8-9,15H2,1H3,(H,28,29)(H,26,27,31). The Labute approximate surface area is 180 Å². The minimum absolute atomic E-state index is 0.255. The molecule has 1 aromatic carbocycles. The van der Waals surface area contributed by atoms with Gasteiger partial charge in [0, 0.05) is 47.5 Å². The van der Waals surface area contributed by atoms with E-state index in [4.69, 9.17) is 0 Å². The number of rotatable bonds is 5. The number of amides is 1. The molecule has 5 rings (SSSR count). The number of anilines is 1. The minimum Gasteiger partial charge on any atom is -0.320 e. The molecule has 0 radical (unpaired) electrons. The number of carbonyl (C=O) groups is 1. The first-order valence-electron chi connectivity index (χ1n) is 10.5. The van der Waals surface area contributed by atoms with Gasteiger partial charge in [-0.2, -0.15) is 5.10 Å². The molecule has 1 fully saturated rings. The van der Waals surface area contributed by atoms with Gasteiger partial charge in [0.2, 0.25) is 0 Å². The zero-order chi connectivity index (χ0) is 21.2. The van der Waals surface area contributed by atoms with Gasteiger partial charge in [0.25, 0.3) is 5.91 Å². The normalized spacial score (nSPS) is 14.2. The summed E-state index contributed by atoms with van der Waals surface area (Å²) in [4.78, 5) is 23.9. The van der Waals surface area contributed by atoms with Gasteiger partial charge < -0.3 is 5.32 Å². The molecule has 4 aromatic rings. The first-order valence-corrected chi connectivity index (χ1v) is 10.5. The lowest BCUT2D eigenvalue weighted by molar-refractivity contribution is 0.102. The van der Waals surface area contributed by atoms with Gasteiger partial charge in [-0.25, -0.2) is 0 Å². The number of benzene rings is 1. The van der Waals surface area contributed by atoms with Crippen LogP contribution in [-0.2, 0) is 6.54 Å². The predicted molar refractivity (Wildman–Crippen MR) is 121 cm³/mol. The summed E-state index contributed by atoms with van der Waals surface area (Å²) in [5.74, 6) is -0.255. The number of aryl methyl sites for hydroxylation is 1. The number of likely N-dealkylation sites (tertiary alicyclic amines) is 1. The van der Waals surface area contributed by atoms with Gasteiger partial charge in [-0.3, -0.25) is 24.8 Å². The van der Waals surface area contributed by atoms with Crippen LogP contribution in [0.2, 0.25) is 0 Å². The van der Waals surface area contributed by atoms with Gasteiger partial charge in [-0.1, -0.05) is 6.07 Å². The summed E-state index contributed by atoms with van der Waals surface area (Å²) < 4.78 is 0. The summed E-state index contributed by atoms with van der Waals surface area (Å²) in [6, 6.07) is 11.8. The molecule has 0 bridgehead atoms. The Morgan fingerprint density at radius 2 is 1.97 bits per heavy atom. The zero-order valence-electron chi connectivity index (χ0n) is 17.4. The van der Waals surface area contributed by atoms with E-state index in [-0.39, 0.29) is 5.91 Å². The lowest BCUT2D eigenvalue weighted by Crippen LogP contribution is -2.18. The fourth-order valence-electron chi connectivity index (χ4n) is 4.11. The maximum Gasteiger partial charge on any atom is 0.276 e. The molecule has 1 amide bonds. The largest absolute Gasteiger partial charge is 0.320 e. The lowest BCUT2D eigenvalue weighted by Gasteiger charge is -2.14. The highest BCUT2D eigenvalue weighted by molar-refractivity contribution is 6.11. The number of carbonyl (C=O) groups excluding carboxylic acids is 1. The Bertz CT molecular complexity index is 1240. The fraction of sp³-hybridized carbons (Fsp3) is 0.250. The Morgan fingerprint density at radius 3 is 2.81 bits per heavy atom. The van der Waals surface area contributed by atoms with Gasteiger partial charge >= 0.3 is 0 Å². The summed E-state index contributed by atoms with van der Waals surface area (Å²) in [5.41, 5.74) is 5.98. The van der Waals surface area contributed by atoms with Crippen molar-refractivity contribution in [3.05, 3.63) is 71.9 Å². The van der Waals surface area contributed by atoms with Gasteiger partial charge in [0.05, 0.1) is 5.52 Å². The molecule has 0 saturated carbocycles. The number of nitrogens with one attached hydrogen (secondary N) is 2. The molecule has 0 unspecified atom stereocenters. The quantitative estimate of drug-likeness (QED) is 0.514. The number of aromatic nitrogens is 4. The molecule has 156 valence electrons. The van der Waals surface area contributed by atoms with Crippen molar-refractivity contribution in [2.45, 2.75) is 26.3 Å². The number of hydrogen-bond acceptors (Lipinski definition) is 5. The maximum absolute atomic E-state index is 12.9. The highest BCUT2D eigenvalue weighted by atomic mass is 16.1. The number of fused-ring (bicyclic) bond motifs is 1. The van der Waals surface area contributed by atoms with Crippen LogP contribution in [-0.4, -0.2) is 44.1 Å². The van der Waals surface area contributed by atoms with E-state index in [0.717, 1.165) is 47.4 Å². The monoisotopic (exact) mass is 412 g/mol. The van der Waals surface area contributed by atoms with Crippen molar-refractivity contribution in [1.82, 2.24) is 25.1 Å². The number of H-pyrrole nitrogens is 1. The highest BCUT2D eigenvalue weighted by Crippen LogP contribution is 2.26. The van der Waals surface area contributed by atoms with Crippen LogP contribution in [0.1, 0.15) is 34.6 Å². The Balaban J connectivity index is 1.43. The molecule has 4 heterocycles. The first kappa shape index (κ1) is 19.4. The molecule has 0 aliphatic carbocycles. The van der Waals surface area contributed by atoms with Crippen molar-refractivity contribution in [2.24, 2.45) is 0 Å². The van der Waals surface area contributed by atoms with Crippen LogP contribution in [0, 0.1) is 6.92 Å². The summed E-state index contributed by atoms with van der Waals surface area (Å²) in [6.07, 6.45) is 8.03. The Morgan fingerprint density at radius 1 is 1.10 bits per heavy atom. The molecule has 3 aromatic heterocycles. The van der Waals surface area contributed by atoms with Crippen LogP contribution >= 0.6 is 0 Å². The van der Waals surface area contributed by atoms with Crippen LogP contribution < -0.4 is 5.32 Å². The molecule has 0 atom stereocenters. The van der Waals surface area contributed by atoms with E-state index in [1.807, 2.05) is 43.6 Å². The molecule has 1 aliphatic heterocycles. The van der Waals surface area contributed by atoms with Crippen molar-refractivity contribution >= 4 is 22.5 Å². The molecule has 7 heteroatoms. The van der Waals surface area contributed by atoms with E-state index in [1.165, 1.54) is 18.4 Å². The molecule has 0 spiro atoms. The Hall–Kier alpha value is -3.58.